The first-order valence-electron chi connectivity index (χ1n) is 12.8. The number of anilines is 3. The van der Waals surface area contributed by atoms with Crippen LogP contribution >= 0.6 is 11.6 Å². The third-order valence-corrected chi connectivity index (χ3v) is 7.25. The van der Waals surface area contributed by atoms with Crippen LogP contribution in [0.15, 0.2) is 85.2 Å². The van der Waals surface area contributed by atoms with Crippen LogP contribution < -0.4 is 10.2 Å². The smallest absolute Gasteiger partial charge is 0.168 e. The predicted molar refractivity (Wildman–Crippen MR) is 152 cm³/mol. The van der Waals surface area contributed by atoms with Crippen molar-refractivity contribution in [3.05, 3.63) is 112 Å². The van der Waals surface area contributed by atoms with E-state index in [-0.39, 0.29) is 24.1 Å². The second-order valence-corrected chi connectivity index (χ2v) is 10.1. The van der Waals surface area contributed by atoms with Gasteiger partial charge in [-0.25, -0.2) is 0 Å². The highest BCUT2D eigenvalue weighted by molar-refractivity contribution is 6.33. The number of aliphatic hydroxyl groups excluding tert-OH is 1. The fraction of sp³-hybridized carbons (Fsp3) is 0.226. The number of aliphatic hydroxyl groups is 1. The number of ketones is 2. The number of hydrogen-bond donors (Lipinski definition) is 3. The number of hydrogen-bond acceptors (Lipinski definition) is 5. The van der Waals surface area contributed by atoms with Crippen LogP contribution in [0.2, 0.25) is 5.02 Å². The molecule has 0 aliphatic carbocycles. The van der Waals surface area contributed by atoms with Gasteiger partial charge in [0.15, 0.2) is 11.6 Å². The Labute approximate surface area is 227 Å². The number of aromatic nitrogens is 1. The zero-order valence-corrected chi connectivity index (χ0v) is 21.7. The Morgan fingerprint density at radius 1 is 0.868 bits per heavy atom. The molecule has 3 N–H and O–H groups in total. The second-order valence-electron chi connectivity index (χ2n) is 9.70. The molecule has 2 heterocycles. The number of nitrogens with one attached hydrogen (secondary N) is 2. The quantitative estimate of drug-likeness (QED) is 0.225. The van der Waals surface area contributed by atoms with Crippen LogP contribution in [0.1, 0.15) is 44.7 Å². The zero-order valence-electron chi connectivity index (χ0n) is 21.0. The summed E-state index contributed by atoms with van der Waals surface area (Å²) >= 11 is 6.54. The maximum atomic E-state index is 12.9. The van der Waals surface area contributed by atoms with E-state index in [4.69, 9.17) is 11.6 Å². The van der Waals surface area contributed by atoms with Gasteiger partial charge in [-0.15, -0.1) is 0 Å². The summed E-state index contributed by atoms with van der Waals surface area (Å²) in [5, 5.41) is 13.5. The van der Waals surface area contributed by atoms with Crippen LogP contribution in [0.25, 0.3) is 0 Å². The summed E-state index contributed by atoms with van der Waals surface area (Å²) in [6.45, 7) is 1.65. The lowest BCUT2D eigenvalue weighted by Crippen LogP contribution is -2.35. The predicted octanol–water partition coefficient (Wildman–Crippen LogP) is 6.22. The van der Waals surface area contributed by atoms with E-state index in [0.717, 1.165) is 54.1 Å². The molecular formula is C31H30ClN3O3. The largest absolute Gasteiger partial charge is 0.393 e. The van der Waals surface area contributed by atoms with E-state index < -0.39 is 0 Å². The molecule has 38 heavy (non-hydrogen) atoms. The average Bonchev–Trinajstić information content (AvgIpc) is 3.47. The maximum Gasteiger partial charge on any atom is 0.168 e. The lowest BCUT2D eigenvalue weighted by atomic mass is 10.0. The Kier molecular flexibility index (Phi) is 7.91. The van der Waals surface area contributed by atoms with Crippen molar-refractivity contribution in [2.45, 2.75) is 31.8 Å². The number of carbonyl (C=O) groups is 2. The van der Waals surface area contributed by atoms with Gasteiger partial charge in [0, 0.05) is 60.8 Å². The highest BCUT2D eigenvalue weighted by Crippen LogP contribution is 2.28. The summed E-state index contributed by atoms with van der Waals surface area (Å²) in [6.07, 6.45) is 5.38. The van der Waals surface area contributed by atoms with Crippen molar-refractivity contribution in [3.8, 4) is 0 Å². The topological polar surface area (TPSA) is 85.4 Å². The number of benzene rings is 3. The minimum Gasteiger partial charge on any atom is -0.393 e. The molecule has 194 valence electrons. The van der Waals surface area contributed by atoms with Gasteiger partial charge in [0.2, 0.25) is 0 Å². The molecule has 7 heteroatoms. The Hall–Kier alpha value is -3.87. The minimum absolute atomic E-state index is 0.0344. The fourth-order valence-corrected chi connectivity index (χ4v) is 4.94. The van der Waals surface area contributed by atoms with Gasteiger partial charge in [0.05, 0.1) is 16.8 Å². The van der Waals surface area contributed by atoms with Crippen LogP contribution in [0.5, 0.6) is 0 Å². The van der Waals surface area contributed by atoms with Gasteiger partial charge in [0.1, 0.15) is 0 Å². The molecule has 0 saturated carbocycles. The highest BCUT2D eigenvalue weighted by atomic mass is 35.5. The number of halogens is 1. The van der Waals surface area contributed by atoms with E-state index in [1.54, 1.807) is 18.5 Å². The molecular weight excluding hydrogens is 498 g/mol. The molecule has 1 saturated heterocycles. The molecule has 1 aliphatic heterocycles. The molecule has 0 spiro atoms. The number of nitrogens with zero attached hydrogens (tertiary/aromatic N) is 1. The van der Waals surface area contributed by atoms with E-state index in [0.29, 0.717) is 22.6 Å². The van der Waals surface area contributed by atoms with Crippen molar-refractivity contribution in [1.82, 2.24) is 4.98 Å². The van der Waals surface area contributed by atoms with Gasteiger partial charge < -0.3 is 20.3 Å². The van der Waals surface area contributed by atoms with Crippen molar-refractivity contribution in [1.29, 1.82) is 0 Å². The first-order valence-corrected chi connectivity index (χ1v) is 13.2. The summed E-state index contributed by atoms with van der Waals surface area (Å²) in [6, 6.07) is 22.8. The summed E-state index contributed by atoms with van der Waals surface area (Å²) in [4.78, 5) is 30.3. The van der Waals surface area contributed by atoms with Crippen LogP contribution in [-0.4, -0.2) is 40.9 Å². The third kappa shape index (κ3) is 6.33. The molecule has 0 bridgehead atoms. The molecule has 0 atom stereocenters. The number of piperidine rings is 1. The summed E-state index contributed by atoms with van der Waals surface area (Å²) in [7, 11) is 0. The molecule has 4 aromatic rings. The molecule has 1 fully saturated rings. The van der Waals surface area contributed by atoms with Crippen LogP contribution in [0, 0.1) is 0 Å². The fourth-order valence-electron chi connectivity index (χ4n) is 4.69. The lowest BCUT2D eigenvalue weighted by molar-refractivity contribution is 0.0985. The molecule has 6 nitrogen and oxygen atoms in total. The molecule has 0 radical (unpaired) electrons. The summed E-state index contributed by atoms with van der Waals surface area (Å²) < 4.78 is 0. The zero-order chi connectivity index (χ0) is 26.5. The average molecular weight is 528 g/mol. The Morgan fingerprint density at radius 3 is 2.18 bits per heavy atom. The van der Waals surface area contributed by atoms with E-state index in [1.165, 1.54) is 0 Å². The first kappa shape index (κ1) is 25.8. The maximum absolute atomic E-state index is 12.9. The van der Waals surface area contributed by atoms with Crippen molar-refractivity contribution in [2.24, 2.45) is 0 Å². The van der Waals surface area contributed by atoms with E-state index in [2.05, 4.69) is 15.2 Å². The normalized spacial score (nSPS) is 13.9. The highest BCUT2D eigenvalue weighted by Gasteiger charge is 2.18. The summed E-state index contributed by atoms with van der Waals surface area (Å²) in [5.74, 6) is 0.103. The van der Waals surface area contributed by atoms with Crippen molar-refractivity contribution < 1.29 is 14.7 Å². The van der Waals surface area contributed by atoms with Gasteiger partial charge >= 0.3 is 0 Å². The molecule has 0 unspecified atom stereocenters. The molecule has 3 aromatic carbocycles. The standard InChI is InChI=1S/C31H30ClN3O3/c32-28-17-22(19-30(37)23-4-8-26(9-5-23)35-15-12-27(36)13-16-35)3-10-29(28)34-25-6-1-21(2-7-25)18-31(38)24-11-14-33-20-24/h1-11,14,17,20,27,33-34,36H,12-13,15-16,18-19H2. The first-order chi connectivity index (χ1) is 18.4. The number of rotatable bonds is 9. The van der Waals surface area contributed by atoms with Crippen molar-refractivity contribution in [2.75, 3.05) is 23.3 Å². The molecule has 5 rings (SSSR count). The number of Topliss-reactive ketones (excluding diaryl/α,β-unsaturated/α-hetero) is 2. The van der Waals surface area contributed by atoms with Gasteiger partial charge in [-0.05, 0) is 78.6 Å². The van der Waals surface area contributed by atoms with Gasteiger partial charge in [-0.3, -0.25) is 9.59 Å². The lowest BCUT2D eigenvalue weighted by Gasteiger charge is -2.31. The number of H-pyrrole nitrogens is 1. The van der Waals surface area contributed by atoms with E-state index in [9.17, 15) is 14.7 Å². The number of aromatic amines is 1. The third-order valence-electron chi connectivity index (χ3n) is 6.93. The van der Waals surface area contributed by atoms with Crippen LogP contribution in [-0.2, 0) is 12.8 Å². The second kappa shape index (κ2) is 11.7. The van der Waals surface area contributed by atoms with E-state index in [1.807, 2.05) is 66.7 Å². The monoisotopic (exact) mass is 527 g/mol. The van der Waals surface area contributed by atoms with Gasteiger partial charge in [-0.1, -0.05) is 29.8 Å². The van der Waals surface area contributed by atoms with Crippen molar-refractivity contribution in [3.63, 3.8) is 0 Å². The van der Waals surface area contributed by atoms with Crippen LogP contribution in [0.4, 0.5) is 17.1 Å². The molecule has 0 amide bonds. The number of carbonyl (C=O) groups excluding carboxylic acids is 2. The van der Waals surface area contributed by atoms with Gasteiger partial charge in [0.25, 0.3) is 0 Å². The van der Waals surface area contributed by atoms with Gasteiger partial charge in [-0.2, -0.15) is 0 Å². The molecule has 1 aliphatic rings. The minimum atomic E-state index is -0.210. The van der Waals surface area contributed by atoms with E-state index >= 15 is 0 Å². The Balaban J connectivity index is 1.17. The van der Waals surface area contributed by atoms with Crippen molar-refractivity contribution >= 4 is 40.2 Å². The molecule has 1 aromatic heterocycles. The Morgan fingerprint density at radius 2 is 1.53 bits per heavy atom. The SMILES string of the molecule is O=C(Cc1ccc(Nc2ccc(CC(=O)c3cc[nH]c3)cc2)c(Cl)c1)c1ccc(N2CCC(O)CC2)cc1. The van der Waals surface area contributed by atoms with Crippen LogP contribution in [0.3, 0.4) is 0 Å². The summed E-state index contributed by atoms with van der Waals surface area (Å²) in [5.41, 5.74) is 5.80. The Bertz CT molecular complexity index is 1390.